The maximum atomic E-state index is 14.0. The molecular weight excluding hydrogens is 552 g/mol. The number of pyridine rings is 1. The summed E-state index contributed by atoms with van der Waals surface area (Å²) in [7, 11) is 1.89. The van der Waals surface area contributed by atoms with Crippen LogP contribution in [0.1, 0.15) is 53.7 Å². The summed E-state index contributed by atoms with van der Waals surface area (Å²) in [6.07, 6.45) is 4.73. The Morgan fingerprint density at radius 2 is 1.81 bits per heavy atom. The van der Waals surface area contributed by atoms with E-state index in [1.54, 1.807) is 12.1 Å². The predicted octanol–water partition coefficient (Wildman–Crippen LogP) is 5.31. The smallest absolute Gasteiger partial charge is 0.251 e. The fourth-order valence-corrected chi connectivity index (χ4v) is 4.80. The lowest BCUT2D eigenvalue weighted by atomic mass is 10.00. The molecule has 0 unspecified atom stereocenters. The van der Waals surface area contributed by atoms with E-state index >= 15 is 0 Å². The van der Waals surface area contributed by atoms with Gasteiger partial charge in [0.2, 0.25) is 5.89 Å². The molecule has 3 N–H and O–H groups in total. The van der Waals surface area contributed by atoms with Crippen LogP contribution in [0, 0.1) is 11.6 Å². The second-order valence-corrected chi connectivity index (χ2v) is 10.6. The number of oxazole rings is 1. The Morgan fingerprint density at radius 1 is 1.05 bits per heavy atom. The molecule has 8 nitrogen and oxygen atoms in total. The molecule has 0 aliphatic rings. The van der Waals surface area contributed by atoms with Crippen molar-refractivity contribution in [3.8, 4) is 11.6 Å². The van der Waals surface area contributed by atoms with Crippen LogP contribution in [0.4, 0.5) is 14.6 Å². The molecule has 2 atom stereocenters. The summed E-state index contributed by atoms with van der Waals surface area (Å²) in [5, 5.41) is 17.4. The summed E-state index contributed by atoms with van der Waals surface area (Å²) in [5.41, 5.74) is 3.26. The third-order valence-electron chi connectivity index (χ3n) is 7.20. The molecule has 1 amide bonds. The highest BCUT2D eigenvalue weighted by Crippen LogP contribution is 2.22. The third-order valence-corrected chi connectivity index (χ3v) is 7.20. The summed E-state index contributed by atoms with van der Waals surface area (Å²) in [4.78, 5) is 24.4. The summed E-state index contributed by atoms with van der Waals surface area (Å²) in [5.74, 6) is -1.10. The van der Waals surface area contributed by atoms with E-state index in [1.165, 1.54) is 30.2 Å². The van der Waals surface area contributed by atoms with Crippen molar-refractivity contribution in [2.45, 2.75) is 58.2 Å². The van der Waals surface area contributed by atoms with Crippen molar-refractivity contribution >= 4 is 11.7 Å². The van der Waals surface area contributed by atoms with E-state index in [1.807, 2.05) is 24.1 Å². The van der Waals surface area contributed by atoms with Crippen LogP contribution in [0.3, 0.4) is 0 Å². The van der Waals surface area contributed by atoms with Gasteiger partial charge in [0.25, 0.3) is 5.91 Å². The van der Waals surface area contributed by atoms with Gasteiger partial charge in [0.15, 0.2) is 0 Å². The van der Waals surface area contributed by atoms with Crippen LogP contribution in [0.2, 0.25) is 0 Å². The van der Waals surface area contributed by atoms with Crippen molar-refractivity contribution in [2.24, 2.45) is 0 Å². The second kappa shape index (κ2) is 15.4. The Morgan fingerprint density at radius 3 is 2.51 bits per heavy atom. The number of carbonyl (C=O) groups is 1. The number of hydrogen-bond donors (Lipinski definition) is 3. The first-order chi connectivity index (χ1) is 20.7. The van der Waals surface area contributed by atoms with E-state index in [4.69, 9.17) is 4.42 Å². The molecular formula is C33H39F2N5O3. The number of aliphatic hydroxyl groups excluding tert-OH is 1. The van der Waals surface area contributed by atoms with Gasteiger partial charge in [0, 0.05) is 38.3 Å². The summed E-state index contributed by atoms with van der Waals surface area (Å²) < 4.78 is 33.5. The van der Waals surface area contributed by atoms with Crippen molar-refractivity contribution in [3.05, 3.63) is 101 Å². The van der Waals surface area contributed by atoms with Gasteiger partial charge < -0.3 is 25.1 Å². The minimum absolute atomic E-state index is 0.00945. The SMILES string of the molecule is CCCCN(C)c1cc(C(=O)N[C@@H](Cc2cc(F)cc(F)c2)[C@H](O)CNCc2cccc(CC)c2)cc(-c2ncco2)n1. The van der Waals surface area contributed by atoms with Crippen LogP contribution in [-0.4, -0.2) is 53.3 Å². The highest BCUT2D eigenvalue weighted by Gasteiger charge is 2.24. The second-order valence-electron chi connectivity index (χ2n) is 10.6. The third kappa shape index (κ3) is 9.17. The number of aliphatic hydroxyl groups is 1. The van der Waals surface area contributed by atoms with Crippen LogP contribution in [0.5, 0.6) is 0 Å². The molecule has 2 aromatic heterocycles. The van der Waals surface area contributed by atoms with Crippen molar-refractivity contribution < 1.29 is 23.1 Å². The maximum Gasteiger partial charge on any atom is 0.251 e. The topological polar surface area (TPSA) is 104 Å². The van der Waals surface area contributed by atoms with Gasteiger partial charge in [-0.25, -0.2) is 18.7 Å². The lowest BCUT2D eigenvalue weighted by molar-refractivity contribution is 0.0830. The molecule has 0 saturated heterocycles. The van der Waals surface area contributed by atoms with Crippen molar-refractivity contribution in [1.29, 1.82) is 0 Å². The van der Waals surface area contributed by atoms with Gasteiger partial charge in [0.1, 0.15) is 29.4 Å². The quantitative estimate of drug-likeness (QED) is 0.172. The average molecular weight is 592 g/mol. The van der Waals surface area contributed by atoms with E-state index in [-0.39, 0.29) is 24.4 Å². The van der Waals surface area contributed by atoms with Crippen LogP contribution in [0.25, 0.3) is 11.6 Å². The number of hydrogen-bond acceptors (Lipinski definition) is 7. The fraction of sp³-hybridized carbons (Fsp3) is 0.364. The fourth-order valence-electron chi connectivity index (χ4n) is 4.80. The lowest BCUT2D eigenvalue weighted by Gasteiger charge is -2.25. The number of halogens is 2. The zero-order valence-corrected chi connectivity index (χ0v) is 24.8. The summed E-state index contributed by atoms with van der Waals surface area (Å²) in [6.45, 7) is 5.57. The molecule has 228 valence electrons. The number of anilines is 1. The van der Waals surface area contributed by atoms with Crippen LogP contribution in [0.15, 0.2) is 71.5 Å². The molecule has 2 aromatic carbocycles. The van der Waals surface area contributed by atoms with Gasteiger partial charge >= 0.3 is 0 Å². The molecule has 0 radical (unpaired) electrons. The molecule has 0 saturated carbocycles. The zero-order valence-electron chi connectivity index (χ0n) is 24.8. The van der Waals surface area contributed by atoms with Crippen molar-refractivity contribution in [2.75, 3.05) is 25.0 Å². The van der Waals surface area contributed by atoms with Crippen molar-refractivity contribution in [3.63, 3.8) is 0 Å². The normalized spacial score (nSPS) is 12.6. The molecule has 4 aromatic rings. The van der Waals surface area contributed by atoms with E-state index < -0.39 is 29.7 Å². The first-order valence-corrected chi connectivity index (χ1v) is 14.6. The largest absolute Gasteiger partial charge is 0.443 e. The highest BCUT2D eigenvalue weighted by atomic mass is 19.1. The van der Waals surface area contributed by atoms with Gasteiger partial charge in [-0.05, 0) is 60.2 Å². The molecule has 43 heavy (non-hydrogen) atoms. The molecule has 4 rings (SSSR count). The number of unbranched alkanes of at least 4 members (excludes halogenated alkanes) is 1. The average Bonchev–Trinajstić information content (AvgIpc) is 3.54. The number of aryl methyl sites for hydroxylation is 1. The number of aromatic nitrogens is 2. The van der Waals surface area contributed by atoms with Gasteiger partial charge in [0.05, 0.1) is 18.3 Å². The molecule has 0 fully saturated rings. The van der Waals surface area contributed by atoms with E-state index in [2.05, 4.69) is 46.6 Å². The van der Waals surface area contributed by atoms with Gasteiger partial charge in [-0.1, -0.05) is 44.5 Å². The molecule has 0 spiro atoms. The Bertz CT molecular complexity index is 1460. The molecule has 2 heterocycles. The van der Waals surface area contributed by atoms with Crippen LogP contribution >= 0.6 is 0 Å². The zero-order chi connectivity index (χ0) is 30.8. The number of nitrogens with one attached hydrogen (secondary N) is 2. The van der Waals surface area contributed by atoms with Gasteiger partial charge in [-0.2, -0.15) is 0 Å². The first kappa shape index (κ1) is 31.8. The number of carbonyl (C=O) groups excluding carboxylic acids is 1. The molecule has 0 aliphatic heterocycles. The van der Waals surface area contributed by atoms with Gasteiger partial charge in [-0.15, -0.1) is 0 Å². The molecule has 10 heteroatoms. The number of amides is 1. The highest BCUT2D eigenvalue weighted by molar-refractivity contribution is 5.96. The van der Waals surface area contributed by atoms with E-state index in [0.29, 0.717) is 23.6 Å². The minimum Gasteiger partial charge on any atom is -0.443 e. The summed E-state index contributed by atoms with van der Waals surface area (Å²) >= 11 is 0. The minimum atomic E-state index is -1.07. The Kier molecular flexibility index (Phi) is 11.4. The van der Waals surface area contributed by atoms with E-state index in [0.717, 1.165) is 37.4 Å². The predicted molar refractivity (Wildman–Crippen MR) is 163 cm³/mol. The maximum absolute atomic E-state index is 14.0. The van der Waals surface area contributed by atoms with E-state index in [9.17, 15) is 18.7 Å². The Balaban J connectivity index is 1.56. The number of rotatable bonds is 15. The number of nitrogens with zero attached hydrogens (tertiary/aromatic N) is 3. The van der Waals surface area contributed by atoms with Crippen LogP contribution in [-0.2, 0) is 19.4 Å². The van der Waals surface area contributed by atoms with Crippen molar-refractivity contribution in [1.82, 2.24) is 20.6 Å². The van der Waals surface area contributed by atoms with Crippen LogP contribution < -0.4 is 15.5 Å². The summed E-state index contributed by atoms with van der Waals surface area (Å²) in [6, 6.07) is 13.7. The first-order valence-electron chi connectivity index (χ1n) is 14.6. The lowest BCUT2D eigenvalue weighted by Crippen LogP contribution is -2.48. The van der Waals surface area contributed by atoms with Gasteiger partial charge in [-0.3, -0.25) is 4.79 Å². The molecule has 0 aliphatic carbocycles. The molecule has 0 bridgehead atoms. The Labute approximate surface area is 251 Å². The standard InChI is InChI=1S/C33H39F2N5O3/c1-4-6-11-40(3)31-18-25(17-29(38-31)33-37-10-12-43-33)32(42)39-28(16-24-14-26(34)19-27(35)15-24)30(41)21-36-20-23-9-7-8-22(5-2)13-23/h7-10,12-15,17-19,28,30,36,41H,4-6,11,16,20-21H2,1-3H3,(H,39,42)/t28-,30+/m0/s1. The Hall–Kier alpha value is -4.15. The monoisotopic (exact) mass is 591 g/mol. The number of benzene rings is 2.